The number of aromatic nitrogens is 2. The lowest BCUT2D eigenvalue weighted by Gasteiger charge is -2.02. The van der Waals surface area contributed by atoms with Crippen LogP contribution in [0.5, 0.6) is 0 Å². The number of rotatable bonds is 4. The molecule has 0 atom stereocenters. The molecule has 1 aromatic heterocycles. The van der Waals surface area contributed by atoms with Crippen molar-refractivity contribution in [2.75, 3.05) is 17.2 Å². The van der Waals surface area contributed by atoms with Crippen molar-refractivity contribution in [3.8, 4) is 0 Å². The van der Waals surface area contributed by atoms with E-state index in [0.29, 0.717) is 11.7 Å². The number of para-hydroxylation sites is 1. The molecule has 0 saturated heterocycles. The highest BCUT2D eigenvalue weighted by Crippen LogP contribution is 2.18. The van der Waals surface area contributed by atoms with E-state index in [0.717, 1.165) is 11.3 Å². The Morgan fingerprint density at radius 2 is 2.17 bits per heavy atom. The first-order chi connectivity index (χ1) is 8.70. The maximum atomic E-state index is 13.3. The molecule has 2 aromatic rings. The number of hydrogen-bond acceptors (Lipinski definition) is 5. The fourth-order valence-corrected chi connectivity index (χ4v) is 1.98. The summed E-state index contributed by atoms with van der Waals surface area (Å²) in [6.07, 6.45) is 0. The van der Waals surface area contributed by atoms with Crippen LogP contribution >= 0.6 is 11.3 Å². The Morgan fingerprint density at radius 1 is 1.39 bits per heavy atom. The van der Waals surface area contributed by atoms with Crippen molar-refractivity contribution < 1.29 is 9.18 Å². The van der Waals surface area contributed by atoms with Gasteiger partial charge < -0.3 is 10.6 Å². The molecule has 7 heteroatoms. The van der Waals surface area contributed by atoms with E-state index in [2.05, 4.69) is 20.8 Å². The van der Waals surface area contributed by atoms with Gasteiger partial charge in [-0.15, -0.1) is 10.2 Å². The van der Waals surface area contributed by atoms with Crippen molar-refractivity contribution in [1.29, 1.82) is 0 Å². The molecule has 0 saturated carbocycles. The number of nitrogens with one attached hydrogen (secondary N) is 2. The highest BCUT2D eigenvalue weighted by Gasteiger charge is 2.14. The third kappa shape index (κ3) is 2.80. The van der Waals surface area contributed by atoms with Crippen LogP contribution in [0, 0.1) is 5.82 Å². The number of carbonyl (C=O) groups is 1. The van der Waals surface area contributed by atoms with E-state index in [1.807, 2.05) is 6.92 Å². The van der Waals surface area contributed by atoms with E-state index in [9.17, 15) is 9.18 Å². The Balaban J connectivity index is 2.10. The Labute approximate surface area is 107 Å². The minimum atomic E-state index is -0.484. The van der Waals surface area contributed by atoms with E-state index in [-0.39, 0.29) is 10.7 Å². The predicted octanol–water partition coefficient (Wildman–Crippen LogP) is 2.36. The molecule has 0 fully saturated rings. The van der Waals surface area contributed by atoms with E-state index in [1.54, 1.807) is 12.1 Å². The Morgan fingerprint density at radius 3 is 2.89 bits per heavy atom. The maximum Gasteiger partial charge on any atom is 0.286 e. The van der Waals surface area contributed by atoms with E-state index < -0.39 is 11.7 Å². The van der Waals surface area contributed by atoms with Crippen LogP contribution in [-0.4, -0.2) is 22.6 Å². The third-order valence-corrected chi connectivity index (χ3v) is 2.95. The quantitative estimate of drug-likeness (QED) is 0.891. The number of benzene rings is 1. The van der Waals surface area contributed by atoms with Gasteiger partial charge in [-0.2, -0.15) is 0 Å². The van der Waals surface area contributed by atoms with Gasteiger partial charge in [0.05, 0.1) is 5.69 Å². The molecule has 0 aliphatic carbocycles. The average Bonchev–Trinajstić information content (AvgIpc) is 2.81. The standard InChI is InChI=1S/C11H11FN4OS/c1-2-13-11-16-15-10(18-11)9(17)14-8-6-4-3-5-7(8)12/h3-6H,2H2,1H3,(H,13,16)(H,14,17). The highest BCUT2D eigenvalue weighted by molar-refractivity contribution is 7.17. The minimum Gasteiger partial charge on any atom is -0.360 e. The topological polar surface area (TPSA) is 66.9 Å². The van der Waals surface area contributed by atoms with Crippen molar-refractivity contribution >= 4 is 28.1 Å². The van der Waals surface area contributed by atoms with E-state index >= 15 is 0 Å². The second kappa shape index (κ2) is 5.54. The lowest BCUT2D eigenvalue weighted by molar-refractivity contribution is 0.102. The smallest absolute Gasteiger partial charge is 0.286 e. The zero-order chi connectivity index (χ0) is 13.0. The summed E-state index contributed by atoms with van der Waals surface area (Å²) in [5.41, 5.74) is 0.128. The van der Waals surface area contributed by atoms with Crippen molar-refractivity contribution in [2.24, 2.45) is 0 Å². The molecule has 1 aromatic carbocycles. The first-order valence-electron chi connectivity index (χ1n) is 5.34. The molecule has 0 aliphatic heterocycles. The largest absolute Gasteiger partial charge is 0.360 e. The van der Waals surface area contributed by atoms with Gasteiger partial charge in [0.2, 0.25) is 10.1 Å². The SMILES string of the molecule is CCNc1nnc(C(=O)Nc2ccccc2F)s1. The van der Waals surface area contributed by atoms with Gasteiger partial charge in [-0.25, -0.2) is 4.39 Å². The first kappa shape index (κ1) is 12.4. The van der Waals surface area contributed by atoms with Crippen LogP contribution < -0.4 is 10.6 Å². The normalized spacial score (nSPS) is 10.1. The molecular weight excluding hydrogens is 255 g/mol. The number of amides is 1. The summed E-state index contributed by atoms with van der Waals surface area (Å²) >= 11 is 1.12. The van der Waals surface area contributed by atoms with Gasteiger partial charge in [0.1, 0.15) is 5.82 Å². The van der Waals surface area contributed by atoms with Crippen molar-refractivity contribution in [2.45, 2.75) is 6.92 Å². The lowest BCUT2D eigenvalue weighted by atomic mass is 10.3. The Hall–Kier alpha value is -2.02. The van der Waals surface area contributed by atoms with Crippen LogP contribution in [0.15, 0.2) is 24.3 Å². The average molecular weight is 266 g/mol. The molecular formula is C11H11FN4OS. The monoisotopic (exact) mass is 266 g/mol. The van der Waals surface area contributed by atoms with Crippen LogP contribution in [0.1, 0.15) is 16.7 Å². The van der Waals surface area contributed by atoms with Gasteiger partial charge in [0, 0.05) is 6.54 Å². The lowest BCUT2D eigenvalue weighted by Crippen LogP contribution is -2.12. The van der Waals surface area contributed by atoms with Crippen LogP contribution in [0.25, 0.3) is 0 Å². The van der Waals surface area contributed by atoms with Crippen LogP contribution in [0.3, 0.4) is 0 Å². The Bertz CT molecular complexity index is 557. The number of anilines is 2. The summed E-state index contributed by atoms with van der Waals surface area (Å²) in [6.45, 7) is 2.62. The number of nitrogens with zero attached hydrogens (tertiary/aromatic N) is 2. The number of halogens is 1. The van der Waals surface area contributed by atoms with E-state index in [1.165, 1.54) is 12.1 Å². The molecule has 18 heavy (non-hydrogen) atoms. The third-order valence-electron chi connectivity index (χ3n) is 2.07. The van der Waals surface area contributed by atoms with Crippen LogP contribution in [-0.2, 0) is 0 Å². The van der Waals surface area contributed by atoms with Crippen molar-refractivity contribution in [3.63, 3.8) is 0 Å². The molecule has 0 aliphatic rings. The van der Waals surface area contributed by atoms with Crippen LogP contribution in [0.4, 0.5) is 15.2 Å². The molecule has 1 heterocycles. The van der Waals surface area contributed by atoms with Crippen molar-refractivity contribution in [1.82, 2.24) is 10.2 Å². The summed E-state index contributed by atoms with van der Waals surface area (Å²) < 4.78 is 13.3. The molecule has 1 amide bonds. The first-order valence-corrected chi connectivity index (χ1v) is 6.15. The summed E-state index contributed by atoms with van der Waals surface area (Å²) in [5, 5.41) is 13.7. The van der Waals surface area contributed by atoms with Gasteiger partial charge in [-0.1, -0.05) is 23.5 Å². The molecule has 2 N–H and O–H groups in total. The fraction of sp³-hybridized carbons (Fsp3) is 0.182. The molecule has 0 spiro atoms. The molecule has 0 unspecified atom stereocenters. The maximum absolute atomic E-state index is 13.3. The Kier molecular flexibility index (Phi) is 3.83. The highest BCUT2D eigenvalue weighted by atomic mass is 32.1. The fourth-order valence-electron chi connectivity index (χ4n) is 1.28. The van der Waals surface area contributed by atoms with Crippen LogP contribution in [0.2, 0.25) is 0 Å². The number of hydrogen-bond donors (Lipinski definition) is 2. The minimum absolute atomic E-state index is 0.128. The molecule has 94 valence electrons. The predicted molar refractivity (Wildman–Crippen MR) is 68.4 cm³/mol. The van der Waals surface area contributed by atoms with Gasteiger partial charge in [-0.3, -0.25) is 4.79 Å². The molecule has 0 bridgehead atoms. The van der Waals surface area contributed by atoms with E-state index in [4.69, 9.17) is 0 Å². The summed E-state index contributed by atoms with van der Waals surface area (Å²) in [5.74, 6) is -0.955. The van der Waals surface area contributed by atoms with Gasteiger partial charge in [0.25, 0.3) is 5.91 Å². The van der Waals surface area contributed by atoms with Gasteiger partial charge in [-0.05, 0) is 19.1 Å². The second-order valence-corrected chi connectivity index (χ2v) is 4.35. The molecule has 0 radical (unpaired) electrons. The number of carbonyl (C=O) groups excluding carboxylic acids is 1. The molecule has 5 nitrogen and oxygen atoms in total. The molecule has 2 rings (SSSR count). The zero-order valence-corrected chi connectivity index (χ0v) is 10.4. The summed E-state index contributed by atoms with van der Waals surface area (Å²) in [6, 6.07) is 5.96. The second-order valence-electron chi connectivity index (χ2n) is 3.38. The van der Waals surface area contributed by atoms with Gasteiger partial charge >= 0.3 is 0 Å². The summed E-state index contributed by atoms with van der Waals surface area (Å²) in [7, 11) is 0. The summed E-state index contributed by atoms with van der Waals surface area (Å²) in [4.78, 5) is 11.8. The zero-order valence-electron chi connectivity index (χ0n) is 9.61. The van der Waals surface area contributed by atoms with Gasteiger partial charge in [0.15, 0.2) is 0 Å². The van der Waals surface area contributed by atoms with Crippen molar-refractivity contribution in [3.05, 3.63) is 35.1 Å².